The molecule has 0 saturated carbocycles. The van der Waals surface area contributed by atoms with Gasteiger partial charge in [-0.15, -0.1) is 23.6 Å². The first kappa shape index (κ1) is 38.1. The van der Waals surface area contributed by atoms with Crippen LogP contribution >= 0.6 is 0 Å². The van der Waals surface area contributed by atoms with Crippen LogP contribution in [0.15, 0.2) is 103 Å². The van der Waals surface area contributed by atoms with Gasteiger partial charge in [0, 0.05) is 51.1 Å². The quantitative estimate of drug-likeness (QED) is 0.127. The summed E-state index contributed by atoms with van der Waals surface area (Å²) < 4.78 is 38.3. The van der Waals surface area contributed by atoms with E-state index in [4.69, 9.17) is 13.8 Å². The number of ether oxygens (including phenoxy) is 1. The van der Waals surface area contributed by atoms with E-state index in [9.17, 15) is 0 Å². The predicted octanol–water partition coefficient (Wildman–Crippen LogP) is 13.9. The molecule has 0 bridgehead atoms. The summed E-state index contributed by atoms with van der Waals surface area (Å²) in [5, 5.41) is 2.19. The fraction of sp³-hybridized carbons (Fsp3) is 0.321. The molecule has 0 radical (unpaired) electrons. The van der Waals surface area contributed by atoms with E-state index in [1.54, 1.807) is 12.1 Å². The average molecular weight is 963 g/mol. The maximum atomic E-state index is 8.57. The average Bonchev–Trinajstić information content (AvgIpc) is 3.72. The van der Waals surface area contributed by atoms with Gasteiger partial charge in [0.05, 0.1) is 0 Å². The summed E-state index contributed by atoms with van der Waals surface area (Å²) in [6.45, 7) is 24.2. The molecule has 0 saturated heterocycles. The van der Waals surface area contributed by atoms with E-state index in [-0.39, 0.29) is 48.3 Å². The third-order valence-corrected chi connectivity index (χ3v) is 11.2. The minimum absolute atomic E-state index is 0. The van der Waals surface area contributed by atoms with E-state index in [2.05, 4.69) is 160 Å². The molecular formula is C53H56N4OPt+2. The van der Waals surface area contributed by atoms with E-state index in [0.717, 1.165) is 44.4 Å². The summed E-state index contributed by atoms with van der Waals surface area (Å²) in [6, 6.07) is 43.4. The Morgan fingerprint density at radius 1 is 0.627 bits per heavy atom. The Morgan fingerprint density at radius 2 is 1.27 bits per heavy atom. The first-order chi connectivity index (χ1) is 28.4. The molecule has 0 unspecified atom stereocenters. The van der Waals surface area contributed by atoms with E-state index in [1.165, 1.54) is 11.1 Å². The number of nitrogens with zero attached hydrogens (tertiary/aromatic N) is 4. The summed E-state index contributed by atoms with van der Waals surface area (Å²) in [7, 11) is 0. The topological polar surface area (TPSA) is 33.1 Å². The van der Waals surface area contributed by atoms with Gasteiger partial charge in [0.2, 0.25) is 5.69 Å². The number of rotatable bonds is 5. The maximum Gasteiger partial charge on any atom is 2.00 e. The molecule has 59 heavy (non-hydrogen) atoms. The maximum absolute atomic E-state index is 8.57. The van der Waals surface area contributed by atoms with Crippen LogP contribution in [0.25, 0.3) is 27.6 Å². The molecule has 5 nitrogen and oxygen atoms in total. The van der Waals surface area contributed by atoms with Crippen molar-refractivity contribution in [3.05, 3.63) is 143 Å². The van der Waals surface area contributed by atoms with Crippen LogP contribution in [0.2, 0.25) is 0 Å². The number of aromatic nitrogens is 2. The molecule has 5 aromatic carbocycles. The Hall–Kier alpha value is -5.08. The van der Waals surface area contributed by atoms with Gasteiger partial charge in [-0.25, -0.2) is 4.98 Å². The Balaban J connectivity index is 0.00000578. The molecule has 0 N–H and O–H groups in total. The molecule has 1 aliphatic heterocycles. The molecule has 7 aromatic rings. The number of hydrogen-bond donors (Lipinski definition) is 0. The van der Waals surface area contributed by atoms with Crippen molar-refractivity contribution in [2.24, 2.45) is 0 Å². The van der Waals surface area contributed by atoms with Gasteiger partial charge >= 0.3 is 32.8 Å². The van der Waals surface area contributed by atoms with E-state index >= 15 is 0 Å². The standard InChI is InChI=1S/C53H56N4O.Pt/c1-34-16-14-19-46-49(34)56(40-27-37(52(8,9)10)26-38(28-40)53(11,12)13)33-55(46)39-17-15-18-41(31-39)58-42-21-22-43-44-29-35(50(2,3)4)20-23-45(44)57(47(43)32-42)48-30-36(24-25-54-48)51(5,6)7;/h14-30H,1-13H3;/q;+2/i1D3;. The fourth-order valence-electron chi connectivity index (χ4n) is 7.57. The number of para-hydroxylation sites is 1. The van der Waals surface area contributed by atoms with Crippen LogP contribution in [0.3, 0.4) is 0 Å². The number of hydrogen-bond acceptors (Lipinski definition) is 2. The van der Waals surface area contributed by atoms with Gasteiger partial charge in [0.25, 0.3) is 5.69 Å². The van der Waals surface area contributed by atoms with Crippen molar-refractivity contribution in [3.63, 3.8) is 0 Å². The van der Waals surface area contributed by atoms with Gasteiger partial charge < -0.3 is 9.30 Å². The zero-order chi connectivity index (χ0) is 44.0. The van der Waals surface area contributed by atoms with E-state index in [1.807, 2.05) is 45.7 Å². The molecule has 0 amide bonds. The second-order valence-corrected chi connectivity index (χ2v) is 19.8. The van der Waals surface area contributed by atoms with Crippen molar-refractivity contribution in [2.75, 3.05) is 0 Å². The molecule has 0 fully saturated rings. The van der Waals surface area contributed by atoms with E-state index in [0.29, 0.717) is 28.6 Å². The van der Waals surface area contributed by atoms with Gasteiger partial charge in [0.15, 0.2) is 0 Å². The summed E-state index contributed by atoms with van der Waals surface area (Å²) in [6.07, 6.45) is 1.88. The molecule has 8 rings (SSSR count). The van der Waals surface area contributed by atoms with Crippen molar-refractivity contribution >= 4 is 50.6 Å². The molecule has 1 aliphatic rings. The van der Waals surface area contributed by atoms with Crippen LogP contribution in [-0.2, 0) is 42.7 Å². The van der Waals surface area contributed by atoms with Crippen molar-refractivity contribution in [2.45, 2.75) is 112 Å². The third kappa shape index (κ3) is 8.00. The summed E-state index contributed by atoms with van der Waals surface area (Å²) in [5.41, 5.74) is 9.31. The van der Waals surface area contributed by atoms with Crippen LogP contribution < -0.4 is 13.9 Å². The van der Waals surface area contributed by atoms with Gasteiger partial charge in [0.1, 0.15) is 11.5 Å². The number of pyridine rings is 1. The minimum atomic E-state index is -2.36. The van der Waals surface area contributed by atoms with Gasteiger partial charge in [-0.05, 0) is 78.9 Å². The molecule has 3 heterocycles. The molecular weight excluding hydrogens is 904 g/mol. The second kappa shape index (κ2) is 14.9. The van der Waals surface area contributed by atoms with E-state index < -0.39 is 6.85 Å². The normalized spacial score (nSPS) is 14.3. The van der Waals surface area contributed by atoms with Crippen LogP contribution in [0.1, 0.15) is 115 Å². The second-order valence-electron chi connectivity index (χ2n) is 19.8. The largest absolute Gasteiger partial charge is 2.00 e. The van der Waals surface area contributed by atoms with Crippen molar-refractivity contribution in [1.82, 2.24) is 18.7 Å². The summed E-state index contributed by atoms with van der Waals surface area (Å²) in [4.78, 5) is 4.88. The van der Waals surface area contributed by atoms with Crippen LogP contribution in [0.4, 0.5) is 22.7 Å². The van der Waals surface area contributed by atoms with Crippen LogP contribution in [0, 0.1) is 19.0 Å². The Kier molecular flexibility index (Phi) is 9.62. The van der Waals surface area contributed by atoms with Crippen molar-refractivity contribution in [3.8, 4) is 17.3 Å². The molecule has 302 valence electrons. The number of fused-ring (bicyclic) bond motifs is 4. The van der Waals surface area contributed by atoms with Crippen molar-refractivity contribution in [1.29, 1.82) is 0 Å². The zero-order valence-electron chi connectivity index (χ0n) is 39.3. The Morgan fingerprint density at radius 3 is 1.93 bits per heavy atom. The fourth-order valence-corrected chi connectivity index (χ4v) is 7.57. The van der Waals surface area contributed by atoms with Crippen molar-refractivity contribution < 1.29 is 29.9 Å². The molecule has 0 aliphatic carbocycles. The van der Waals surface area contributed by atoms with Crippen LogP contribution in [-0.4, -0.2) is 15.6 Å². The summed E-state index contributed by atoms with van der Waals surface area (Å²) in [5.74, 6) is 1.83. The van der Waals surface area contributed by atoms with Gasteiger partial charge in [-0.1, -0.05) is 136 Å². The Bertz CT molecular complexity index is 2930. The minimum Gasteiger partial charge on any atom is -0.509 e. The number of aryl methyl sites for hydroxylation is 1. The first-order valence-electron chi connectivity index (χ1n) is 21.7. The predicted molar refractivity (Wildman–Crippen MR) is 243 cm³/mol. The van der Waals surface area contributed by atoms with Crippen LogP contribution in [0.5, 0.6) is 11.5 Å². The number of benzene rings is 5. The summed E-state index contributed by atoms with van der Waals surface area (Å²) >= 11 is 0. The molecule has 0 spiro atoms. The smallest absolute Gasteiger partial charge is 0.509 e. The molecule has 0 atom stereocenters. The Labute approximate surface area is 369 Å². The van der Waals surface area contributed by atoms with Gasteiger partial charge in [-0.2, -0.15) is 12.1 Å². The molecule has 2 aromatic heterocycles. The zero-order valence-corrected chi connectivity index (χ0v) is 38.6. The molecule has 6 heteroatoms. The first-order valence-corrected chi connectivity index (χ1v) is 20.2. The third-order valence-electron chi connectivity index (χ3n) is 11.2. The van der Waals surface area contributed by atoms with Gasteiger partial charge in [-0.3, -0.25) is 0 Å². The monoisotopic (exact) mass is 962 g/mol. The SMILES string of the molecule is [2H]C([2H])([2H])c1cccc2c1[N+](c1cc(C(C)(C)C)cc(C(C)(C)C)c1)=C=[N+]2c1[c-]c(Oc2[c-]c3c(cc2)c2cc(C(C)(C)C)ccc2n3-c2cc(C(C)(C)C)ccn2)ccc1.[Pt+2].